The minimum Gasteiger partial charge on any atom is -0.464 e. The minimum absolute atomic E-state index is 0.352. The Balaban J connectivity index is 1.60. The van der Waals surface area contributed by atoms with E-state index in [4.69, 9.17) is 9.40 Å². The highest BCUT2D eigenvalue weighted by Crippen LogP contribution is 2.42. The first-order valence-corrected chi connectivity index (χ1v) is 12.8. The average molecular weight is 531 g/mol. The molecule has 7 rings (SSSR count). The van der Waals surface area contributed by atoms with Crippen LogP contribution in [0.5, 0.6) is 0 Å². The summed E-state index contributed by atoms with van der Waals surface area (Å²) in [6.07, 6.45) is -2.99. The van der Waals surface area contributed by atoms with Crippen LogP contribution in [0.4, 0.5) is 13.2 Å². The van der Waals surface area contributed by atoms with Gasteiger partial charge in [0.2, 0.25) is 0 Å². The van der Waals surface area contributed by atoms with E-state index in [2.05, 4.69) is 36.4 Å². The van der Waals surface area contributed by atoms with Crippen LogP contribution in [0.1, 0.15) is 5.56 Å². The van der Waals surface area contributed by atoms with E-state index in [-0.39, 0.29) is 0 Å². The van der Waals surface area contributed by atoms with Gasteiger partial charge in [-0.05, 0) is 41.5 Å². The van der Waals surface area contributed by atoms with Gasteiger partial charge in [0.05, 0.1) is 27.8 Å². The fourth-order valence-corrected chi connectivity index (χ4v) is 5.30. The molecular weight excluding hydrogens is 509 g/mol. The Hall–Kier alpha value is -5.10. The first kappa shape index (κ1) is 24.0. The third kappa shape index (κ3) is 3.96. The second-order valence-corrected chi connectivity index (χ2v) is 9.55. The van der Waals surface area contributed by atoms with Crippen molar-refractivity contribution in [2.45, 2.75) is 6.18 Å². The first-order valence-electron chi connectivity index (χ1n) is 12.8. The van der Waals surface area contributed by atoms with Gasteiger partial charge in [0.15, 0.2) is 0 Å². The first-order chi connectivity index (χ1) is 19.5. The maximum atomic E-state index is 13.7. The summed E-state index contributed by atoms with van der Waals surface area (Å²) < 4.78 is 48.9. The fourth-order valence-electron chi connectivity index (χ4n) is 5.30. The van der Waals surface area contributed by atoms with Crippen LogP contribution in [0.25, 0.3) is 61.3 Å². The largest absolute Gasteiger partial charge is 0.464 e. The molecule has 0 aliphatic heterocycles. The number of aromatic nitrogens is 2. The van der Waals surface area contributed by atoms with Gasteiger partial charge in [-0.15, -0.1) is 0 Å². The lowest BCUT2D eigenvalue weighted by molar-refractivity contribution is -0.137. The summed E-state index contributed by atoms with van der Waals surface area (Å²) in [5.41, 5.74) is 6.50. The summed E-state index contributed by atoms with van der Waals surface area (Å²) in [7, 11) is 0. The lowest BCUT2D eigenvalue weighted by Gasteiger charge is -2.19. The predicted octanol–water partition coefficient (Wildman–Crippen LogP) is 9.79. The molecule has 0 radical (unpaired) electrons. The molecule has 7 aromatic rings. The van der Waals surface area contributed by atoms with Crippen LogP contribution in [-0.2, 0) is 6.18 Å². The van der Waals surface area contributed by atoms with Crippen molar-refractivity contribution in [1.82, 2.24) is 9.55 Å². The molecule has 0 N–H and O–H groups in total. The highest BCUT2D eigenvalue weighted by Gasteiger charge is 2.31. The smallest absolute Gasteiger partial charge is 0.416 e. The zero-order valence-corrected chi connectivity index (χ0v) is 21.1. The molecule has 0 atom stereocenters. The van der Waals surface area contributed by atoms with E-state index < -0.39 is 11.7 Å². The molecule has 0 aliphatic rings. The van der Waals surface area contributed by atoms with Crippen molar-refractivity contribution in [1.29, 1.82) is 0 Å². The normalized spacial score (nSPS) is 11.9. The Morgan fingerprint density at radius 3 is 1.90 bits per heavy atom. The summed E-state index contributed by atoms with van der Waals surface area (Å²) in [6, 6.07) is 37.5. The molecule has 0 saturated heterocycles. The van der Waals surface area contributed by atoms with Gasteiger partial charge < -0.3 is 4.42 Å². The van der Waals surface area contributed by atoms with Crippen LogP contribution < -0.4 is 0 Å². The number of benzene rings is 5. The van der Waals surface area contributed by atoms with Gasteiger partial charge in [0, 0.05) is 16.5 Å². The summed E-state index contributed by atoms with van der Waals surface area (Å²) in [5, 5.41) is 0.352. The van der Waals surface area contributed by atoms with E-state index in [1.54, 1.807) is 0 Å². The van der Waals surface area contributed by atoms with Crippen molar-refractivity contribution in [3.63, 3.8) is 0 Å². The Morgan fingerprint density at radius 2 is 1.25 bits per heavy atom. The number of rotatable bonds is 4. The van der Waals surface area contributed by atoms with E-state index in [0.717, 1.165) is 51.1 Å². The maximum absolute atomic E-state index is 13.7. The molecule has 40 heavy (non-hydrogen) atoms. The molecule has 0 fully saturated rings. The van der Waals surface area contributed by atoms with Crippen LogP contribution in [0.15, 0.2) is 132 Å². The van der Waals surface area contributed by atoms with Crippen LogP contribution in [-0.4, -0.2) is 9.55 Å². The number of nitrogens with zero attached hydrogens (tertiary/aromatic N) is 2. The molecule has 2 heterocycles. The molecule has 3 nitrogen and oxygen atoms in total. The zero-order chi connectivity index (χ0) is 27.3. The van der Waals surface area contributed by atoms with Gasteiger partial charge in [0.25, 0.3) is 0 Å². The average Bonchev–Trinajstić information content (AvgIpc) is 3.58. The van der Waals surface area contributed by atoms with E-state index in [0.29, 0.717) is 22.4 Å². The van der Waals surface area contributed by atoms with Crippen molar-refractivity contribution < 1.29 is 17.6 Å². The third-order valence-electron chi connectivity index (χ3n) is 7.13. The maximum Gasteiger partial charge on any atom is 0.416 e. The highest BCUT2D eigenvalue weighted by atomic mass is 19.4. The number of imidazole rings is 1. The second-order valence-electron chi connectivity index (χ2n) is 9.55. The minimum atomic E-state index is -4.48. The summed E-state index contributed by atoms with van der Waals surface area (Å²) >= 11 is 0. The molecule has 0 unspecified atom stereocenters. The predicted molar refractivity (Wildman–Crippen MR) is 152 cm³/mol. The lowest BCUT2D eigenvalue weighted by atomic mass is 9.95. The second kappa shape index (κ2) is 9.27. The summed E-state index contributed by atoms with van der Waals surface area (Å²) in [4.78, 5) is 4.96. The van der Waals surface area contributed by atoms with Crippen LogP contribution in [0, 0.1) is 0 Å². The third-order valence-corrected chi connectivity index (χ3v) is 7.13. The van der Waals surface area contributed by atoms with Gasteiger partial charge in [-0.2, -0.15) is 13.2 Å². The number of fused-ring (bicyclic) bond motifs is 2. The summed E-state index contributed by atoms with van der Waals surface area (Å²) in [5.74, 6) is 0.500. The number of hydrogen-bond donors (Lipinski definition) is 0. The van der Waals surface area contributed by atoms with E-state index >= 15 is 0 Å². The number of hydrogen-bond acceptors (Lipinski definition) is 2. The van der Waals surface area contributed by atoms with Crippen molar-refractivity contribution in [2.75, 3.05) is 0 Å². The molecular formula is C34H21F3N2O. The number of alkyl halides is 3. The van der Waals surface area contributed by atoms with E-state index in [1.807, 2.05) is 71.3 Å². The molecule has 0 bridgehead atoms. The van der Waals surface area contributed by atoms with Crippen LogP contribution >= 0.6 is 0 Å². The van der Waals surface area contributed by atoms with Gasteiger partial charge >= 0.3 is 6.18 Å². The van der Waals surface area contributed by atoms with Crippen LogP contribution in [0.2, 0.25) is 0 Å². The molecule has 2 aromatic heterocycles. The number of para-hydroxylation sites is 3. The Morgan fingerprint density at radius 1 is 0.625 bits per heavy atom. The summed E-state index contributed by atoms with van der Waals surface area (Å²) in [6.45, 7) is 0. The Kier molecular flexibility index (Phi) is 5.56. The van der Waals surface area contributed by atoms with Crippen molar-refractivity contribution >= 4 is 22.0 Å². The molecule has 0 spiro atoms. The molecule has 0 saturated carbocycles. The van der Waals surface area contributed by atoms with Gasteiger partial charge in [-0.3, -0.25) is 4.57 Å². The van der Waals surface area contributed by atoms with E-state index in [9.17, 15) is 13.2 Å². The fraction of sp³-hybridized carbons (Fsp3) is 0.0294. The van der Waals surface area contributed by atoms with Gasteiger partial charge in [0.1, 0.15) is 17.7 Å². The van der Waals surface area contributed by atoms with Crippen molar-refractivity contribution in [3.8, 4) is 39.3 Å². The van der Waals surface area contributed by atoms with E-state index in [1.165, 1.54) is 12.3 Å². The quantitative estimate of drug-likeness (QED) is 0.227. The molecule has 0 aliphatic carbocycles. The topological polar surface area (TPSA) is 31.0 Å². The van der Waals surface area contributed by atoms with Crippen molar-refractivity contribution in [2.24, 2.45) is 0 Å². The molecule has 194 valence electrons. The van der Waals surface area contributed by atoms with Gasteiger partial charge in [-0.25, -0.2) is 4.98 Å². The SMILES string of the molecule is FC(F)(F)c1ccc2occ(-c3nc4ccccc4n3-c3c(-c4ccccc4)cccc3-c3ccccc3)c2c1. The number of halogens is 3. The van der Waals surface area contributed by atoms with Crippen LogP contribution in [0.3, 0.4) is 0 Å². The monoisotopic (exact) mass is 530 g/mol. The zero-order valence-electron chi connectivity index (χ0n) is 21.1. The Labute approximate surface area is 227 Å². The highest BCUT2D eigenvalue weighted by molar-refractivity contribution is 5.98. The number of furan rings is 1. The standard InChI is InChI=1S/C34H21F3N2O/c35-34(36,37)24-18-19-31-27(20-24)28(21-40-31)33-38-29-16-7-8-17-30(29)39(33)32-25(22-10-3-1-4-11-22)14-9-15-26(32)23-12-5-2-6-13-23/h1-21H. The van der Waals surface area contributed by atoms with Crippen molar-refractivity contribution in [3.05, 3.63) is 133 Å². The Bertz CT molecular complexity index is 1930. The molecule has 6 heteroatoms. The molecule has 5 aromatic carbocycles. The lowest BCUT2D eigenvalue weighted by Crippen LogP contribution is -2.04. The molecule has 0 amide bonds. The van der Waals surface area contributed by atoms with Gasteiger partial charge in [-0.1, -0.05) is 91.0 Å².